The summed E-state index contributed by atoms with van der Waals surface area (Å²) in [4.78, 5) is 6.75. The van der Waals surface area contributed by atoms with Gasteiger partial charge in [0.05, 0.1) is 0 Å². The summed E-state index contributed by atoms with van der Waals surface area (Å²) in [6.07, 6.45) is 3.30. The van der Waals surface area contributed by atoms with Crippen LogP contribution in [0.4, 0.5) is 5.13 Å². The molecule has 6 nitrogen and oxygen atoms in total. The lowest BCUT2D eigenvalue weighted by Gasteiger charge is -2.05. The summed E-state index contributed by atoms with van der Waals surface area (Å²) in [5.41, 5.74) is 6.19. The molecule has 0 aromatic carbocycles. The molecule has 0 aliphatic carbocycles. The number of rotatable bonds is 4. The Hall–Kier alpha value is -1.67. The molecule has 0 unspecified atom stereocenters. The third kappa shape index (κ3) is 2.77. The van der Waals surface area contributed by atoms with E-state index in [9.17, 15) is 0 Å². The third-order valence-electron chi connectivity index (χ3n) is 2.05. The molecule has 0 amide bonds. The summed E-state index contributed by atoms with van der Waals surface area (Å²) >= 11 is 2.90. The van der Waals surface area contributed by atoms with Gasteiger partial charge in [0.1, 0.15) is 5.84 Å². The quantitative estimate of drug-likeness (QED) is 0.650. The standard InChI is InChI=1S/C10H12N6S2/c1-16(2)9-14-15-10(18-9)17-7-5-13-4-3-6(7)8(11)12/h3-5H,1-2H3,(H3,11,12). The molecule has 2 heterocycles. The fourth-order valence-electron chi connectivity index (χ4n) is 1.20. The van der Waals surface area contributed by atoms with Gasteiger partial charge in [0.25, 0.3) is 0 Å². The zero-order valence-electron chi connectivity index (χ0n) is 9.91. The first kappa shape index (κ1) is 12.8. The molecule has 0 bridgehead atoms. The van der Waals surface area contributed by atoms with Crippen LogP contribution >= 0.6 is 23.1 Å². The molecule has 94 valence electrons. The predicted molar refractivity (Wildman–Crippen MR) is 73.6 cm³/mol. The van der Waals surface area contributed by atoms with E-state index in [1.54, 1.807) is 18.5 Å². The first-order valence-electron chi connectivity index (χ1n) is 5.05. The average molecular weight is 280 g/mol. The molecule has 2 rings (SSSR count). The molecule has 18 heavy (non-hydrogen) atoms. The Morgan fingerprint density at radius 2 is 2.22 bits per heavy atom. The number of hydrogen-bond donors (Lipinski definition) is 2. The van der Waals surface area contributed by atoms with Crippen molar-refractivity contribution in [3.63, 3.8) is 0 Å². The average Bonchev–Trinajstić information content (AvgIpc) is 2.78. The highest BCUT2D eigenvalue weighted by molar-refractivity contribution is 8.01. The number of hydrogen-bond acceptors (Lipinski definition) is 7. The van der Waals surface area contributed by atoms with E-state index in [0.29, 0.717) is 5.56 Å². The van der Waals surface area contributed by atoms with E-state index in [4.69, 9.17) is 11.1 Å². The van der Waals surface area contributed by atoms with Gasteiger partial charge in [-0.1, -0.05) is 23.1 Å². The second-order valence-electron chi connectivity index (χ2n) is 3.63. The summed E-state index contributed by atoms with van der Waals surface area (Å²) in [6.45, 7) is 0. The number of nitrogens with one attached hydrogen (secondary N) is 1. The van der Waals surface area contributed by atoms with Gasteiger partial charge in [0, 0.05) is 36.9 Å². The van der Waals surface area contributed by atoms with Crippen molar-refractivity contribution in [1.82, 2.24) is 15.2 Å². The largest absolute Gasteiger partial charge is 0.384 e. The van der Waals surface area contributed by atoms with E-state index in [1.807, 2.05) is 19.0 Å². The molecule has 0 fully saturated rings. The normalized spacial score (nSPS) is 10.3. The van der Waals surface area contributed by atoms with Crippen molar-refractivity contribution in [1.29, 1.82) is 5.41 Å². The molecule has 0 atom stereocenters. The number of nitrogens with two attached hydrogens (primary N) is 1. The van der Waals surface area contributed by atoms with Crippen LogP contribution in [-0.4, -0.2) is 35.1 Å². The van der Waals surface area contributed by atoms with Gasteiger partial charge in [-0.25, -0.2) is 0 Å². The van der Waals surface area contributed by atoms with Crippen LogP contribution in [0.3, 0.4) is 0 Å². The Labute approximate surface area is 113 Å². The lowest BCUT2D eigenvalue weighted by molar-refractivity contribution is 0.972. The van der Waals surface area contributed by atoms with Crippen LogP contribution in [-0.2, 0) is 0 Å². The van der Waals surface area contributed by atoms with Crippen LogP contribution in [0.15, 0.2) is 27.7 Å². The molecule has 0 aliphatic rings. The third-order valence-corrected chi connectivity index (χ3v) is 4.24. The lowest BCUT2D eigenvalue weighted by Crippen LogP contribution is -2.12. The van der Waals surface area contributed by atoms with E-state index in [-0.39, 0.29) is 5.84 Å². The van der Waals surface area contributed by atoms with Crippen LogP contribution in [0, 0.1) is 5.41 Å². The fourth-order valence-corrected chi connectivity index (χ4v) is 3.04. The Morgan fingerprint density at radius 3 is 2.83 bits per heavy atom. The van der Waals surface area contributed by atoms with Crippen molar-refractivity contribution in [3.8, 4) is 0 Å². The van der Waals surface area contributed by atoms with Gasteiger partial charge in [-0.15, -0.1) is 10.2 Å². The van der Waals surface area contributed by atoms with Gasteiger partial charge in [-0.05, 0) is 6.07 Å². The van der Waals surface area contributed by atoms with Gasteiger partial charge in [-0.2, -0.15) is 0 Å². The summed E-state index contributed by atoms with van der Waals surface area (Å²) in [6, 6.07) is 1.72. The van der Waals surface area contributed by atoms with Crippen molar-refractivity contribution in [2.75, 3.05) is 19.0 Å². The molecule has 0 radical (unpaired) electrons. The minimum atomic E-state index is 0.0252. The monoisotopic (exact) mass is 280 g/mol. The Bertz CT molecular complexity index is 565. The van der Waals surface area contributed by atoms with Crippen molar-refractivity contribution >= 4 is 34.1 Å². The molecule has 8 heteroatoms. The van der Waals surface area contributed by atoms with Gasteiger partial charge in [0.2, 0.25) is 5.13 Å². The summed E-state index contributed by atoms with van der Waals surface area (Å²) in [5, 5.41) is 16.5. The zero-order valence-corrected chi connectivity index (χ0v) is 11.5. The molecular weight excluding hydrogens is 268 g/mol. The molecule has 3 N–H and O–H groups in total. The second kappa shape index (κ2) is 5.32. The van der Waals surface area contributed by atoms with Crippen molar-refractivity contribution in [2.45, 2.75) is 9.24 Å². The smallest absolute Gasteiger partial charge is 0.208 e. The molecule has 2 aromatic heterocycles. The van der Waals surface area contributed by atoms with E-state index in [1.165, 1.54) is 23.1 Å². The number of nitrogens with zero attached hydrogens (tertiary/aromatic N) is 4. The molecule has 0 saturated heterocycles. The van der Waals surface area contributed by atoms with Gasteiger partial charge < -0.3 is 10.6 Å². The highest BCUT2D eigenvalue weighted by atomic mass is 32.2. The lowest BCUT2D eigenvalue weighted by atomic mass is 10.2. The fraction of sp³-hybridized carbons (Fsp3) is 0.200. The second-order valence-corrected chi connectivity index (χ2v) is 5.88. The highest BCUT2D eigenvalue weighted by Crippen LogP contribution is 2.33. The van der Waals surface area contributed by atoms with Crippen LogP contribution in [0.5, 0.6) is 0 Å². The van der Waals surface area contributed by atoms with Crippen molar-refractivity contribution in [3.05, 3.63) is 24.0 Å². The SMILES string of the molecule is CN(C)c1nnc(Sc2cnccc2C(=N)N)s1. The maximum atomic E-state index is 7.51. The number of pyridine rings is 1. The summed E-state index contributed by atoms with van der Waals surface area (Å²) in [5.74, 6) is 0.0252. The maximum Gasteiger partial charge on any atom is 0.208 e. The van der Waals surface area contributed by atoms with E-state index < -0.39 is 0 Å². The Kier molecular flexibility index (Phi) is 3.78. The topological polar surface area (TPSA) is 91.8 Å². The first-order valence-corrected chi connectivity index (χ1v) is 6.68. The number of aromatic nitrogens is 3. The predicted octanol–water partition coefficient (Wildman–Crippen LogP) is 1.43. The Morgan fingerprint density at radius 1 is 1.44 bits per heavy atom. The number of amidine groups is 1. The summed E-state index contributed by atoms with van der Waals surface area (Å²) in [7, 11) is 3.83. The van der Waals surface area contributed by atoms with Crippen LogP contribution in [0.2, 0.25) is 0 Å². The highest BCUT2D eigenvalue weighted by Gasteiger charge is 2.11. The van der Waals surface area contributed by atoms with Gasteiger partial charge >= 0.3 is 0 Å². The number of anilines is 1. The maximum absolute atomic E-state index is 7.51. The Balaban J connectivity index is 2.25. The summed E-state index contributed by atoms with van der Waals surface area (Å²) < 4.78 is 0.800. The van der Waals surface area contributed by atoms with Crippen molar-refractivity contribution in [2.24, 2.45) is 5.73 Å². The van der Waals surface area contributed by atoms with Gasteiger partial charge in [0.15, 0.2) is 4.34 Å². The minimum Gasteiger partial charge on any atom is -0.384 e. The number of nitrogen functional groups attached to an aromatic ring is 1. The van der Waals surface area contributed by atoms with Crippen LogP contribution < -0.4 is 10.6 Å². The molecular formula is C10H12N6S2. The van der Waals surface area contributed by atoms with E-state index in [0.717, 1.165) is 14.4 Å². The van der Waals surface area contributed by atoms with Crippen LogP contribution in [0.1, 0.15) is 5.56 Å². The van der Waals surface area contributed by atoms with E-state index >= 15 is 0 Å². The molecule has 0 aliphatic heterocycles. The molecule has 2 aromatic rings. The minimum absolute atomic E-state index is 0.0252. The van der Waals surface area contributed by atoms with Crippen LogP contribution in [0.25, 0.3) is 0 Å². The van der Waals surface area contributed by atoms with Gasteiger partial charge in [-0.3, -0.25) is 10.4 Å². The molecule has 0 spiro atoms. The zero-order chi connectivity index (χ0) is 13.1. The van der Waals surface area contributed by atoms with E-state index in [2.05, 4.69) is 15.2 Å². The molecule has 0 saturated carbocycles. The first-order chi connectivity index (χ1) is 8.58. The van der Waals surface area contributed by atoms with Crippen molar-refractivity contribution < 1.29 is 0 Å².